The Morgan fingerprint density at radius 3 is 2.41 bits per heavy atom. The smallest absolute Gasteiger partial charge is 0.245 e. The zero-order valence-electron chi connectivity index (χ0n) is 25.3. The molecule has 228 valence electrons. The molecule has 6 rings (SSSR count). The van der Waals surface area contributed by atoms with Crippen LogP contribution in [0.3, 0.4) is 0 Å². The second-order valence-electron chi connectivity index (χ2n) is 13.8. The summed E-state index contributed by atoms with van der Waals surface area (Å²) in [7, 11) is 2.26. The highest BCUT2D eigenvalue weighted by Crippen LogP contribution is 2.45. The van der Waals surface area contributed by atoms with Crippen LogP contribution >= 0.6 is 0 Å². The quantitative estimate of drug-likeness (QED) is 0.349. The Hall–Kier alpha value is -1.47. The predicted octanol–water partition coefficient (Wildman–Crippen LogP) is 2.70. The molecule has 1 amide bonds. The molecule has 0 aromatic carbocycles. The van der Waals surface area contributed by atoms with E-state index in [0.717, 1.165) is 45.7 Å². The van der Waals surface area contributed by atoms with Crippen molar-refractivity contribution in [3.05, 3.63) is 12.7 Å². The van der Waals surface area contributed by atoms with E-state index in [0.29, 0.717) is 41.9 Å². The highest BCUT2D eigenvalue weighted by atomic mass is 16.5. The van der Waals surface area contributed by atoms with Crippen LogP contribution in [0.2, 0.25) is 0 Å². The van der Waals surface area contributed by atoms with E-state index in [1.54, 1.807) is 0 Å². The van der Waals surface area contributed by atoms with Crippen LogP contribution in [0.4, 0.5) is 0 Å². The third-order valence-corrected chi connectivity index (χ3v) is 11.4. The van der Waals surface area contributed by atoms with Gasteiger partial charge in [0.25, 0.3) is 0 Å². The largest absolute Gasteiger partial charge is 0.375 e. The average molecular weight is 567 g/mol. The number of carbonyl (C=O) groups excluding carboxylic acids is 1. The van der Waals surface area contributed by atoms with Crippen LogP contribution < -0.4 is 16.4 Å². The van der Waals surface area contributed by atoms with Crippen molar-refractivity contribution in [3.63, 3.8) is 0 Å². The fourth-order valence-electron chi connectivity index (χ4n) is 9.02. The number of nitrogens with zero attached hydrogens (tertiary/aromatic N) is 3. The zero-order valence-corrected chi connectivity index (χ0v) is 25.3. The van der Waals surface area contributed by atoms with Crippen LogP contribution in [0, 0.1) is 35.5 Å². The summed E-state index contributed by atoms with van der Waals surface area (Å²) < 4.78 is 6.60. The van der Waals surface area contributed by atoms with Crippen molar-refractivity contribution < 1.29 is 9.53 Å². The van der Waals surface area contributed by atoms with Crippen molar-refractivity contribution in [2.45, 2.75) is 114 Å². The summed E-state index contributed by atoms with van der Waals surface area (Å²) in [4.78, 5) is 19.1. The van der Waals surface area contributed by atoms with Crippen LogP contribution in [0.25, 0.3) is 0 Å². The monoisotopic (exact) mass is 566 g/mol. The molecule has 2 aliphatic carbocycles. The lowest BCUT2D eigenvalue weighted by molar-refractivity contribution is -0.126. The first kappa shape index (κ1) is 29.6. The summed E-state index contributed by atoms with van der Waals surface area (Å²) >= 11 is 0. The van der Waals surface area contributed by atoms with Gasteiger partial charge in [0.2, 0.25) is 5.91 Å². The van der Waals surface area contributed by atoms with Gasteiger partial charge in [-0.3, -0.25) is 25.2 Å². The number of hydrogen-bond donors (Lipinski definition) is 3. The van der Waals surface area contributed by atoms with E-state index < -0.39 is 0 Å². The Morgan fingerprint density at radius 1 is 0.902 bits per heavy atom. The maximum atomic E-state index is 12.1. The van der Waals surface area contributed by atoms with Crippen molar-refractivity contribution in [2.24, 2.45) is 29.4 Å². The van der Waals surface area contributed by atoms with Crippen molar-refractivity contribution in [3.8, 4) is 11.8 Å². The first-order chi connectivity index (χ1) is 20.0. The standard InChI is InChI=1S/C33H54N6O2/c1-3-29(40)38-18-7-8-25(17-19-38)39-20-23(21-39)11-16-28-30(31-32(34)35-22-36-33(31)37(28)2)24-12-14-27(15-13-24)41-26-9-5-4-6-10-26/h3,23-28,30-33,35-36H,1,4-10,12-15,17-22,34H2,2H3. The summed E-state index contributed by atoms with van der Waals surface area (Å²) in [6.45, 7) is 8.24. The Balaban J connectivity index is 1.06. The van der Waals surface area contributed by atoms with Gasteiger partial charge in [0.1, 0.15) is 0 Å². The Kier molecular flexibility index (Phi) is 9.71. The summed E-state index contributed by atoms with van der Waals surface area (Å²) in [5.74, 6) is 9.60. The fraction of sp³-hybridized carbons (Fsp3) is 0.848. The lowest BCUT2D eigenvalue weighted by atomic mass is 9.70. The number of likely N-dealkylation sites (tertiary alicyclic amines) is 3. The number of fused-ring (bicyclic) bond motifs is 1. The van der Waals surface area contributed by atoms with E-state index >= 15 is 0 Å². The number of hydrogen-bond acceptors (Lipinski definition) is 7. The van der Waals surface area contributed by atoms with Gasteiger partial charge in [-0.25, -0.2) is 0 Å². The minimum Gasteiger partial charge on any atom is -0.375 e. The number of nitrogens with one attached hydrogen (secondary N) is 2. The van der Waals surface area contributed by atoms with E-state index in [1.807, 2.05) is 4.90 Å². The molecule has 0 aromatic heterocycles. The fourth-order valence-corrected chi connectivity index (χ4v) is 9.02. The van der Waals surface area contributed by atoms with E-state index in [9.17, 15) is 4.79 Å². The first-order valence-electron chi connectivity index (χ1n) is 16.8. The molecule has 0 bridgehead atoms. The minimum absolute atomic E-state index is 0.0127. The first-order valence-corrected chi connectivity index (χ1v) is 16.8. The number of nitrogens with two attached hydrogens (primary N) is 1. The third kappa shape index (κ3) is 6.56. The molecule has 6 aliphatic rings. The molecule has 8 heteroatoms. The van der Waals surface area contributed by atoms with Gasteiger partial charge < -0.3 is 15.4 Å². The molecular weight excluding hydrogens is 512 g/mol. The van der Waals surface area contributed by atoms with Gasteiger partial charge in [0.05, 0.1) is 30.6 Å². The second kappa shape index (κ2) is 13.4. The van der Waals surface area contributed by atoms with E-state index in [2.05, 4.69) is 45.9 Å². The number of ether oxygens (including phenoxy) is 1. The third-order valence-electron chi connectivity index (χ3n) is 11.4. The molecule has 4 N–H and O–H groups in total. The number of rotatable bonds is 5. The highest BCUT2D eigenvalue weighted by molar-refractivity contribution is 5.86. The van der Waals surface area contributed by atoms with Gasteiger partial charge in [-0.2, -0.15) is 0 Å². The van der Waals surface area contributed by atoms with Crippen molar-refractivity contribution in [1.82, 2.24) is 25.3 Å². The summed E-state index contributed by atoms with van der Waals surface area (Å²) in [6, 6.07) is 0.814. The van der Waals surface area contributed by atoms with Gasteiger partial charge in [-0.15, -0.1) is 0 Å². The van der Waals surface area contributed by atoms with Crippen molar-refractivity contribution in [2.75, 3.05) is 39.9 Å². The maximum absolute atomic E-state index is 12.1. The van der Waals surface area contributed by atoms with Gasteiger partial charge in [0.15, 0.2) is 0 Å². The second-order valence-corrected chi connectivity index (χ2v) is 13.8. The lowest BCUT2D eigenvalue weighted by Gasteiger charge is -2.42. The van der Waals surface area contributed by atoms with Crippen LogP contribution in [-0.2, 0) is 9.53 Å². The summed E-state index contributed by atoms with van der Waals surface area (Å²) in [5, 5.41) is 7.22. The molecule has 2 saturated carbocycles. The molecule has 41 heavy (non-hydrogen) atoms. The van der Waals surface area contributed by atoms with Gasteiger partial charge in [0, 0.05) is 50.7 Å². The van der Waals surface area contributed by atoms with Crippen molar-refractivity contribution >= 4 is 5.91 Å². The average Bonchev–Trinajstić information content (AvgIpc) is 3.10. The molecule has 0 radical (unpaired) electrons. The molecule has 0 spiro atoms. The molecule has 6 atom stereocenters. The van der Waals surface area contributed by atoms with Crippen LogP contribution in [-0.4, -0.2) is 97.1 Å². The topological polar surface area (TPSA) is 86.1 Å². The molecule has 4 aliphatic heterocycles. The van der Waals surface area contributed by atoms with E-state index in [1.165, 1.54) is 70.3 Å². The van der Waals surface area contributed by atoms with E-state index in [-0.39, 0.29) is 24.3 Å². The molecule has 4 saturated heterocycles. The van der Waals surface area contributed by atoms with E-state index in [4.69, 9.17) is 10.5 Å². The lowest BCUT2D eigenvalue weighted by Crippen LogP contribution is -2.63. The molecule has 4 heterocycles. The highest BCUT2D eigenvalue weighted by Gasteiger charge is 2.53. The zero-order chi connectivity index (χ0) is 28.3. The Morgan fingerprint density at radius 2 is 1.66 bits per heavy atom. The molecule has 8 nitrogen and oxygen atoms in total. The minimum atomic E-state index is 0.0127. The molecule has 6 unspecified atom stereocenters. The molecule has 0 aromatic rings. The maximum Gasteiger partial charge on any atom is 0.245 e. The predicted molar refractivity (Wildman–Crippen MR) is 162 cm³/mol. The van der Waals surface area contributed by atoms with Crippen LogP contribution in [0.1, 0.15) is 77.0 Å². The van der Waals surface area contributed by atoms with Gasteiger partial charge >= 0.3 is 0 Å². The van der Waals surface area contributed by atoms with Crippen molar-refractivity contribution in [1.29, 1.82) is 0 Å². The Labute approximate surface area is 248 Å². The summed E-state index contributed by atoms with van der Waals surface area (Å²) in [6.07, 6.45) is 17.4. The normalized spacial score (nSPS) is 39.7. The molecule has 6 fully saturated rings. The van der Waals surface area contributed by atoms with Crippen LogP contribution in [0.15, 0.2) is 12.7 Å². The SMILES string of the molecule is C=CC(=O)N1CCCC(N2CC(C#CC3C(C4CCC(OC5CCCCC5)CC4)C4C(N)NCNC4N3C)C2)CC1. The number of amides is 1. The van der Waals surface area contributed by atoms with Crippen LogP contribution in [0.5, 0.6) is 0 Å². The van der Waals surface area contributed by atoms with Gasteiger partial charge in [-0.05, 0) is 82.7 Å². The molecular formula is C33H54N6O2. The van der Waals surface area contributed by atoms with Gasteiger partial charge in [-0.1, -0.05) is 37.7 Å². The summed E-state index contributed by atoms with van der Waals surface area (Å²) in [5.41, 5.74) is 6.75. The number of carbonyl (C=O) groups is 1. The Bertz CT molecular complexity index is 961.